The van der Waals surface area contributed by atoms with E-state index in [1.807, 2.05) is 12.1 Å². The van der Waals surface area contributed by atoms with E-state index in [1.165, 1.54) is 16.2 Å². The summed E-state index contributed by atoms with van der Waals surface area (Å²) in [5.41, 5.74) is 1.70. The van der Waals surface area contributed by atoms with Crippen molar-refractivity contribution < 1.29 is 9.53 Å². The van der Waals surface area contributed by atoms with Gasteiger partial charge in [0.1, 0.15) is 0 Å². The van der Waals surface area contributed by atoms with Crippen molar-refractivity contribution >= 4 is 17.3 Å². The first-order valence-electron chi connectivity index (χ1n) is 7.15. The Morgan fingerprint density at radius 3 is 2.91 bits per heavy atom. The van der Waals surface area contributed by atoms with Gasteiger partial charge in [-0.1, -0.05) is 12.1 Å². The average Bonchev–Trinajstić information content (AvgIpc) is 2.91. The first-order valence-corrected chi connectivity index (χ1v) is 7.15. The fraction of sp³-hybridized carbons (Fsp3) is 0.188. The number of hydrogen-bond acceptors (Lipinski definition) is 5. The normalized spacial score (nSPS) is 10.7. The zero-order chi connectivity index (χ0) is 16.2. The number of anilines is 1. The molecule has 1 aromatic carbocycles. The van der Waals surface area contributed by atoms with E-state index in [0.29, 0.717) is 24.3 Å². The van der Waals surface area contributed by atoms with Crippen LogP contribution in [0.1, 0.15) is 10.4 Å². The quantitative estimate of drug-likeness (QED) is 0.721. The molecule has 0 unspecified atom stereocenters. The van der Waals surface area contributed by atoms with Crippen LogP contribution < -0.4 is 11.0 Å². The Hall–Kier alpha value is -3.09. The van der Waals surface area contributed by atoms with E-state index >= 15 is 0 Å². The molecule has 0 aliphatic carbocycles. The number of nitrogens with one attached hydrogen (secondary N) is 1. The Morgan fingerprint density at radius 2 is 2.13 bits per heavy atom. The largest absolute Gasteiger partial charge is 0.465 e. The van der Waals surface area contributed by atoms with Gasteiger partial charge in [0.05, 0.1) is 19.2 Å². The van der Waals surface area contributed by atoms with Crippen molar-refractivity contribution in [2.75, 3.05) is 19.0 Å². The molecule has 0 aliphatic heterocycles. The second-order valence-corrected chi connectivity index (χ2v) is 4.93. The van der Waals surface area contributed by atoms with Crippen LogP contribution in [-0.2, 0) is 11.3 Å². The van der Waals surface area contributed by atoms with Gasteiger partial charge in [-0.2, -0.15) is 0 Å². The highest BCUT2D eigenvalue weighted by molar-refractivity contribution is 5.90. The molecule has 23 heavy (non-hydrogen) atoms. The predicted molar refractivity (Wildman–Crippen MR) is 85.7 cm³/mol. The summed E-state index contributed by atoms with van der Waals surface area (Å²) in [4.78, 5) is 23.6. The van der Waals surface area contributed by atoms with Gasteiger partial charge in [-0.3, -0.25) is 4.40 Å². The summed E-state index contributed by atoms with van der Waals surface area (Å²) in [7, 11) is 1.35. The maximum Gasteiger partial charge on any atom is 0.350 e. The first-order chi connectivity index (χ1) is 11.2. The molecule has 0 bridgehead atoms. The van der Waals surface area contributed by atoms with E-state index in [-0.39, 0.29) is 11.7 Å². The van der Waals surface area contributed by atoms with E-state index < -0.39 is 0 Å². The number of hydrogen-bond donors (Lipinski definition) is 1. The lowest BCUT2D eigenvalue weighted by Gasteiger charge is -2.07. The van der Waals surface area contributed by atoms with Crippen LogP contribution in [0.25, 0.3) is 5.65 Å². The third-order valence-electron chi connectivity index (χ3n) is 3.42. The third kappa shape index (κ3) is 3.08. The molecule has 2 heterocycles. The molecule has 0 atom stereocenters. The summed E-state index contributed by atoms with van der Waals surface area (Å²) < 4.78 is 7.60. The van der Waals surface area contributed by atoms with Crippen LogP contribution in [0, 0.1) is 0 Å². The van der Waals surface area contributed by atoms with E-state index in [4.69, 9.17) is 0 Å². The highest BCUT2D eigenvalue weighted by Crippen LogP contribution is 2.11. The molecule has 0 radical (unpaired) electrons. The second kappa shape index (κ2) is 6.35. The van der Waals surface area contributed by atoms with Crippen LogP contribution in [-0.4, -0.2) is 33.8 Å². The summed E-state index contributed by atoms with van der Waals surface area (Å²) in [6.07, 6.45) is 1.69. The Kier molecular flexibility index (Phi) is 4.09. The van der Waals surface area contributed by atoms with Gasteiger partial charge in [-0.05, 0) is 30.3 Å². The molecule has 0 saturated carbocycles. The van der Waals surface area contributed by atoms with Gasteiger partial charge in [0.25, 0.3) is 0 Å². The van der Waals surface area contributed by atoms with E-state index in [0.717, 1.165) is 5.69 Å². The molecule has 0 aliphatic rings. The lowest BCUT2D eigenvalue weighted by Crippen LogP contribution is -2.24. The number of carbonyl (C=O) groups excluding carboxylic acids is 1. The number of fused-ring (bicyclic) bond motifs is 1. The molecule has 2 aromatic heterocycles. The van der Waals surface area contributed by atoms with Crippen molar-refractivity contribution in [3.8, 4) is 0 Å². The smallest absolute Gasteiger partial charge is 0.350 e. The maximum atomic E-state index is 12.1. The molecule has 3 aromatic rings. The summed E-state index contributed by atoms with van der Waals surface area (Å²) >= 11 is 0. The van der Waals surface area contributed by atoms with Crippen LogP contribution in [0.5, 0.6) is 0 Å². The molecular weight excluding hydrogens is 296 g/mol. The van der Waals surface area contributed by atoms with Crippen LogP contribution in [0.15, 0.2) is 53.5 Å². The number of esters is 1. The van der Waals surface area contributed by atoms with Gasteiger partial charge >= 0.3 is 11.7 Å². The minimum atomic E-state index is -0.384. The standard InChI is InChI=1S/C16H16N4O3/c1-23-15(21)12-5-4-6-13(11-12)17-8-10-20-16(22)19-9-3-2-7-14(19)18-20/h2-7,9,11,17H,8,10H2,1H3. The number of methoxy groups -OCH3 is 1. The highest BCUT2D eigenvalue weighted by Gasteiger charge is 2.07. The molecule has 7 nitrogen and oxygen atoms in total. The number of pyridine rings is 1. The molecular formula is C16H16N4O3. The van der Waals surface area contributed by atoms with Gasteiger partial charge < -0.3 is 10.1 Å². The Balaban J connectivity index is 1.68. The van der Waals surface area contributed by atoms with Gasteiger partial charge in [0.15, 0.2) is 5.65 Å². The zero-order valence-electron chi connectivity index (χ0n) is 12.6. The SMILES string of the molecule is COC(=O)c1cccc(NCCn2nc3ccccn3c2=O)c1. The zero-order valence-corrected chi connectivity index (χ0v) is 12.6. The van der Waals surface area contributed by atoms with Crippen molar-refractivity contribution in [2.24, 2.45) is 0 Å². The molecule has 0 amide bonds. The summed E-state index contributed by atoms with van der Waals surface area (Å²) in [6, 6.07) is 12.4. The molecule has 7 heteroatoms. The highest BCUT2D eigenvalue weighted by atomic mass is 16.5. The fourth-order valence-electron chi connectivity index (χ4n) is 2.29. The third-order valence-corrected chi connectivity index (χ3v) is 3.42. The Labute approximate surface area is 132 Å². The van der Waals surface area contributed by atoms with Crippen LogP contribution >= 0.6 is 0 Å². The summed E-state index contributed by atoms with van der Waals surface area (Å²) in [5.74, 6) is -0.384. The van der Waals surface area contributed by atoms with Gasteiger partial charge in [0.2, 0.25) is 0 Å². The minimum absolute atomic E-state index is 0.175. The number of rotatable bonds is 5. The van der Waals surface area contributed by atoms with Crippen LogP contribution in [0.2, 0.25) is 0 Å². The van der Waals surface area contributed by atoms with Gasteiger partial charge in [-0.25, -0.2) is 14.3 Å². The minimum Gasteiger partial charge on any atom is -0.465 e. The second-order valence-electron chi connectivity index (χ2n) is 4.93. The number of carbonyl (C=O) groups is 1. The number of nitrogens with zero attached hydrogens (tertiary/aromatic N) is 3. The van der Waals surface area contributed by atoms with E-state index in [2.05, 4.69) is 15.2 Å². The summed E-state index contributed by atoms with van der Waals surface area (Å²) in [5, 5.41) is 7.42. The van der Waals surface area contributed by atoms with E-state index in [1.54, 1.807) is 36.5 Å². The monoisotopic (exact) mass is 312 g/mol. The lowest BCUT2D eigenvalue weighted by molar-refractivity contribution is 0.0601. The fourth-order valence-corrected chi connectivity index (χ4v) is 2.29. The maximum absolute atomic E-state index is 12.1. The van der Waals surface area contributed by atoms with Crippen molar-refractivity contribution in [2.45, 2.75) is 6.54 Å². The lowest BCUT2D eigenvalue weighted by atomic mass is 10.2. The Bertz CT molecular complexity index is 897. The molecule has 1 N–H and O–H groups in total. The summed E-state index contributed by atoms with van der Waals surface area (Å²) in [6.45, 7) is 0.928. The first kappa shape index (κ1) is 14.8. The van der Waals surface area contributed by atoms with Crippen molar-refractivity contribution in [3.05, 3.63) is 64.7 Å². The predicted octanol–water partition coefficient (Wildman–Crippen LogP) is 1.39. The van der Waals surface area contributed by atoms with Gasteiger partial charge in [0, 0.05) is 18.4 Å². The van der Waals surface area contributed by atoms with Crippen molar-refractivity contribution in [1.82, 2.24) is 14.2 Å². The molecule has 118 valence electrons. The van der Waals surface area contributed by atoms with E-state index in [9.17, 15) is 9.59 Å². The van der Waals surface area contributed by atoms with Crippen LogP contribution in [0.3, 0.4) is 0 Å². The van der Waals surface area contributed by atoms with Crippen molar-refractivity contribution in [3.63, 3.8) is 0 Å². The Morgan fingerprint density at radius 1 is 1.26 bits per heavy atom. The number of aromatic nitrogens is 3. The topological polar surface area (TPSA) is 77.6 Å². The molecule has 3 rings (SSSR count). The molecule has 0 spiro atoms. The number of benzene rings is 1. The van der Waals surface area contributed by atoms with Crippen LogP contribution in [0.4, 0.5) is 5.69 Å². The molecule has 0 saturated heterocycles. The molecule has 0 fully saturated rings. The average molecular weight is 312 g/mol. The van der Waals surface area contributed by atoms with Crippen molar-refractivity contribution in [1.29, 1.82) is 0 Å². The number of ether oxygens (including phenoxy) is 1. The van der Waals surface area contributed by atoms with Gasteiger partial charge in [-0.15, -0.1) is 5.10 Å².